The fourth-order valence-electron chi connectivity index (χ4n) is 1.01. The van der Waals surface area contributed by atoms with Gasteiger partial charge in [-0.05, 0) is 6.92 Å². The highest BCUT2D eigenvalue weighted by Crippen LogP contribution is 2.21. The number of rotatable bonds is 0. The molecule has 0 amide bonds. The van der Waals surface area contributed by atoms with Crippen molar-refractivity contribution in [3.63, 3.8) is 0 Å². The van der Waals surface area contributed by atoms with Crippen molar-refractivity contribution in [2.24, 2.45) is 0 Å². The summed E-state index contributed by atoms with van der Waals surface area (Å²) in [4.78, 5) is 0. The van der Waals surface area contributed by atoms with E-state index in [0.29, 0.717) is 0 Å². The Morgan fingerprint density at radius 3 is 2.27 bits per heavy atom. The lowest BCUT2D eigenvalue weighted by atomic mass is 10.0. The van der Waals surface area contributed by atoms with Crippen molar-refractivity contribution in [1.82, 2.24) is 0 Å². The highest BCUT2D eigenvalue weighted by atomic mass is 19.1. The van der Waals surface area contributed by atoms with Crippen LogP contribution in [0.5, 0.6) is 0 Å². The van der Waals surface area contributed by atoms with Gasteiger partial charge in [0.25, 0.3) is 0 Å². The van der Waals surface area contributed by atoms with E-state index in [1.54, 1.807) is 0 Å². The molecule has 11 heavy (non-hydrogen) atoms. The van der Waals surface area contributed by atoms with E-state index >= 15 is 0 Å². The Kier molecular flexibility index (Phi) is 2.43. The summed E-state index contributed by atoms with van der Waals surface area (Å²) >= 11 is 0. The smallest absolute Gasteiger partial charge is 0.183 e. The van der Waals surface area contributed by atoms with Crippen LogP contribution in [0.2, 0.25) is 0 Å². The van der Waals surface area contributed by atoms with Gasteiger partial charge in [0, 0.05) is 0 Å². The minimum absolute atomic E-state index is 0.886. The van der Waals surface area contributed by atoms with E-state index in [2.05, 4.69) is 4.74 Å². The lowest BCUT2D eigenvalue weighted by molar-refractivity contribution is -0.265. The molecule has 1 aliphatic heterocycles. The van der Waals surface area contributed by atoms with E-state index in [9.17, 15) is 4.39 Å². The van der Waals surface area contributed by atoms with Gasteiger partial charge in [0.1, 0.15) is 12.2 Å². The van der Waals surface area contributed by atoms with Gasteiger partial charge < -0.3 is 20.1 Å². The number of halogens is 1. The summed E-state index contributed by atoms with van der Waals surface area (Å²) in [6.45, 7) is 1.38. The summed E-state index contributed by atoms with van der Waals surface area (Å²) in [6, 6.07) is 0. The molecular formula is C6H11FO4. The first-order chi connectivity index (χ1) is 5.04. The van der Waals surface area contributed by atoms with Crippen LogP contribution in [-0.4, -0.2) is 46.1 Å². The van der Waals surface area contributed by atoms with Crippen molar-refractivity contribution >= 4 is 0 Å². The van der Waals surface area contributed by atoms with E-state index < -0.39 is 30.8 Å². The maximum atomic E-state index is 12.7. The fraction of sp³-hybridized carbons (Fsp3) is 1.00. The molecule has 1 unspecified atom stereocenters. The van der Waals surface area contributed by atoms with Gasteiger partial charge in [-0.2, -0.15) is 0 Å². The zero-order valence-electron chi connectivity index (χ0n) is 6.01. The third-order valence-electron chi connectivity index (χ3n) is 1.77. The summed E-state index contributed by atoms with van der Waals surface area (Å²) in [5, 5.41) is 26.6. The molecule has 3 N–H and O–H groups in total. The molecule has 5 heteroatoms. The molecule has 0 spiro atoms. The number of ether oxygens (including phenoxy) is 1. The van der Waals surface area contributed by atoms with Crippen molar-refractivity contribution in [1.29, 1.82) is 0 Å². The van der Waals surface area contributed by atoms with Crippen molar-refractivity contribution in [2.45, 2.75) is 37.7 Å². The van der Waals surface area contributed by atoms with Crippen LogP contribution >= 0.6 is 0 Å². The van der Waals surface area contributed by atoms with Crippen LogP contribution in [0.15, 0.2) is 0 Å². The zero-order chi connectivity index (χ0) is 8.59. The van der Waals surface area contributed by atoms with Gasteiger partial charge in [0.2, 0.25) is 0 Å². The van der Waals surface area contributed by atoms with Gasteiger partial charge in [0.15, 0.2) is 12.5 Å². The van der Waals surface area contributed by atoms with Gasteiger partial charge in [-0.15, -0.1) is 0 Å². The van der Waals surface area contributed by atoms with Gasteiger partial charge in [0.05, 0.1) is 6.10 Å². The lowest BCUT2D eigenvalue weighted by Crippen LogP contribution is -2.54. The fourth-order valence-corrected chi connectivity index (χ4v) is 1.01. The quantitative estimate of drug-likeness (QED) is 0.422. The molecule has 4 nitrogen and oxygen atoms in total. The number of hydrogen-bond donors (Lipinski definition) is 3. The summed E-state index contributed by atoms with van der Waals surface area (Å²) in [5.41, 5.74) is 0. The second-order valence-electron chi connectivity index (χ2n) is 2.66. The van der Waals surface area contributed by atoms with Crippen LogP contribution in [0, 0.1) is 0 Å². The summed E-state index contributed by atoms with van der Waals surface area (Å²) in [5.74, 6) is 0. The van der Waals surface area contributed by atoms with Gasteiger partial charge >= 0.3 is 0 Å². The Morgan fingerprint density at radius 1 is 1.18 bits per heavy atom. The molecular weight excluding hydrogens is 155 g/mol. The molecule has 5 atom stereocenters. The summed E-state index contributed by atoms with van der Waals surface area (Å²) in [6.07, 6.45) is -7.14. The summed E-state index contributed by atoms with van der Waals surface area (Å²) < 4.78 is 17.3. The van der Waals surface area contributed by atoms with Gasteiger partial charge in [-0.3, -0.25) is 0 Å². The first-order valence-electron chi connectivity index (χ1n) is 3.37. The largest absolute Gasteiger partial charge is 0.387 e. The normalized spacial score (nSPS) is 52.6. The molecule has 1 saturated heterocycles. The first kappa shape index (κ1) is 8.86. The minimum atomic E-state index is -1.65. The average molecular weight is 166 g/mol. The zero-order valence-corrected chi connectivity index (χ0v) is 6.01. The molecule has 66 valence electrons. The Bertz CT molecular complexity index is 129. The molecule has 1 heterocycles. The molecule has 1 rings (SSSR count). The van der Waals surface area contributed by atoms with E-state index in [-0.39, 0.29) is 0 Å². The Labute approximate surface area is 63.2 Å². The number of aliphatic hydroxyl groups excluding tert-OH is 3. The highest BCUT2D eigenvalue weighted by Gasteiger charge is 2.41. The Morgan fingerprint density at radius 2 is 1.73 bits per heavy atom. The second-order valence-corrected chi connectivity index (χ2v) is 2.66. The van der Waals surface area contributed by atoms with Crippen LogP contribution in [0.4, 0.5) is 4.39 Å². The van der Waals surface area contributed by atoms with Crippen LogP contribution < -0.4 is 0 Å². The van der Waals surface area contributed by atoms with Crippen molar-refractivity contribution < 1.29 is 24.4 Å². The van der Waals surface area contributed by atoms with Crippen LogP contribution in [0.25, 0.3) is 0 Å². The minimum Gasteiger partial charge on any atom is -0.387 e. The molecule has 0 aromatic rings. The van der Waals surface area contributed by atoms with Gasteiger partial charge in [-0.25, -0.2) is 4.39 Å². The first-order valence-corrected chi connectivity index (χ1v) is 3.37. The van der Waals surface area contributed by atoms with Gasteiger partial charge in [-0.1, -0.05) is 0 Å². The molecule has 1 aliphatic rings. The molecule has 0 aromatic carbocycles. The Hall–Kier alpha value is -0.230. The third-order valence-corrected chi connectivity index (χ3v) is 1.77. The molecule has 0 aliphatic carbocycles. The maximum Gasteiger partial charge on any atom is 0.183 e. The van der Waals surface area contributed by atoms with E-state index in [4.69, 9.17) is 15.3 Å². The molecule has 0 bridgehead atoms. The standard InChI is InChI=1S/C6H11FO4/c1-2-3(7)4(8)5(9)6(10)11-2/h2-6,8-10H,1H3/t2-,3-,4+,5-,6?/m0/s1. The summed E-state index contributed by atoms with van der Waals surface area (Å²) in [7, 11) is 0. The molecule has 0 aromatic heterocycles. The molecule has 0 radical (unpaired) electrons. The third kappa shape index (κ3) is 1.51. The number of alkyl halides is 1. The second kappa shape index (κ2) is 3.02. The maximum absolute atomic E-state index is 12.7. The van der Waals surface area contributed by atoms with Crippen LogP contribution in [0.1, 0.15) is 6.92 Å². The van der Waals surface area contributed by atoms with E-state index in [1.165, 1.54) is 6.92 Å². The van der Waals surface area contributed by atoms with Crippen molar-refractivity contribution in [3.8, 4) is 0 Å². The van der Waals surface area contributed by atoms with Crippen molar-refractivity contribution in [2.75, 3.05) is 0 Å². The van der Waals surface area contributed by atoms with Crippen molar-refractivity contribution in [3.05, 3.63) is 0 Å². The molecule has 0 saturated carbocycles. The average Bonchev–Trinajstić information content (AvgIpc) is 1.97. The SMILES string of the molecule is C[C@@H]1OC(O)[C@@H](O)[C@H](O)[C@H]1F. The number of aliphatic hydroxyl groups is 3. The number of hydrogen-bond acceptors (Lipinski definition) is 4. The van der Waals surface area contributed by atoms with E-state index in [0.717, 1.165) is 0 Å². The Balaban J connectivity index is 2.63. The highest BCUT2D eigenvalue weighted by molar-refractivity contribution is 4.86. The topological polar surface area (TPSA) is 69.9 Å². The van der Waals surface area contributed by atoms with Crippen LogP contribution in [-0.2, 0) is 4.74 Å². The predicted molar refractivity (Wildman–Crippen MR) is 33.5 cm³/mol. The molecule has 1 fully saturated rings. The predicted octanol–water partition coefficient (Wildman–Crippen LogP) is -1.22. The lowest BCUT2D eigenvalue weighted by Gasteiger charge is -2.35. The monoisotopic (exact) mass is 166 g/mol. The van der Waals surface area contributed by atoms with E-state index in [1.807, 2.05) is 0 Å². The van der Waals surface area contributed by atoms with Crippen LogP contribution in [0.3, 0.4) is 0 Å².